The third-order valence-electron chi connectivity index (χ3n) is 4.96. The minimum absolute atomic E-state index is 0.148. The molecular weight excluding hydrogens is 386 g/mol. The lowest BCUT2D eigenvalue weighted by Crippen LogP contribution is -2.44. The molecule has 1 aliphatic heterocycles. The zero-order valence-electron chi connectivity index (χ0n) is 17.3. The van der Waals surface area contributed by atoms with Crippen LogP contribution >= 0.6 is 0 Å². The van der Waals surface area contributed by atoms with Crippen LogP contribution in [0.25, 0.3) is 0 Å². The number of carbonyl (C=O) groups is 2. The van der Waals surface area contributed by atoms with Crippen molar-refractivity contribution < 1.29 is 28.5 Å². The molecular formula is C23H27NO6. The Kier molecular flexibility index (Phi) is 7.68. The van der Waals surface area contributed by atoms with Crippen molar-refractivity contribution in [1.29, 1.82) is 0 Å². The number of benzene rings is 2. The molecule has 0 radical (unpaired) electrons. The van der Waals surface area contributed by atoms with Crippen molar-refractivity contribution in [3.8, 4) is 11.5 Å². The van der Waals surface area contributed by atoms with E-state index in [0.29, 0.717) is 49.8 Å². The molecule has 0 aliphatic carbocycles. The highest BCUT2D eigenvalue weighted by Gasteiger charge is 2.30. The van der Waals surface area contributed by atoms with Gasteiger partial charge in [0.2, 0.25) is 6.10 Å². The predicted molar refractivity (Wildman–Crippen MR) is 111 cm³/mol. The second-order valence-corrected chi connectivity index (χ2v) is 6.91. The Morgan fingerprint density at radius 1 is 1.00 bits per heavy atom. The minimum Gasteiger partial charge on any atom is -0.493 e. The van der Waals surface area contributed by atoms with E-state index in [4.69, 9.17) is 18.9 Å². The van der Waals surface area contributed by atoms with Crippen LogP contribution in [0.3, 0.4) is 0 Å². The molecule has 0 bridgehead atoms. The molecule has 7 nitrogen and oxygen atoms in total. The lowest BCUT2D eigenvalue weighted by atomic mass is 10.1. The summed E-state index contributed by atoms with van der Waals surface area (Å²) in [6, 6.07) is 14.6. The van der Waals surface area contributed by atoms with Crippen LogP contribution < -0.4 is 9.47 Å². The fraction of sp³-hybridized carbons (Fsp3) is 0.391. The molecule has 2 aromatic rings. The summed E-state index contributed by atoms with van der Waals surface area (Å²) in [5, 5.41) is 0. The van der Waals surface area contributed by atoms with Gasteiger partial charge in [-0.3, -0.25) is 9.59 Å². The van der Waals surface area contributed by atoms with Crippen LogP contribution in [0.4, 0.5) is 0 Å². The van der Waals surface area contributed by atoms with Gasteiger partial charge in [0.05, 0.1) is 27.4 Å². The zero-order valence-corrected chi connectivity index (χ0v) is 17.3. The van der Waals surface area contributed by atoms with Crippen molar-refractivity contribution in [1.82, 2.24) is 4.90 Å². The van der Waals surface area contributed by atoms with Crippen molar-refractivity contribution in [3.63, 3.8) is 0 Å². The lowest BCUT2D eigenvalue weighted by molar-refractivity contribution is -0.162. The van der Waals surface area contributed by atoms with Crippen molar-refractivity contribution in [2.45, 2.75) is 18.9 Å². The number of rotatable bonds is 8. The molecule has 1 heterocycles. The lowest BCUT2D eigenvalue weighted by Gasteiger charge is -2.30. The summed E-state index contributed by atoms with van der Waals surface area (Å²) < 4.78 is 21.5. The van der Waals surface area contributed by atoms with Crippen LogP contribution in [0.15, 0.2) is 48.5 Å². The normalized spacial score (nSPS) is 14.7. The molecule has 1 fully saturated rings. The quantitative estimate of drug-likeness (QED) is 0.620. The SMILES string of the molecule is COc1ccc(CCC(=O)O[C@@H](C(=O)N2CCOCC2)c2ccccc2)cc1OC. The van der Waals surface area contributed by atoms with Gasteiger partial charge in [0, 0.05) is 25.1 Å². The van der Waals surface area contributed by atoms with Crippen LogP contribution in [0.2, 0.25) is 0 Å². The van der Waals surface area contributed by atoms with E-state index in [0.717, 1.165) is 5.56 Å². The first-order valence-electron chi connectivity index (χ1n) is 9.94. The summed E-state index contributed by atoms with van der Waals surface area (Å²) in [5.41, 5.74) is 1.58. The van der Waals surface area contributed by atoms with E-state index in [1.165, 1.54) is 0 Å². The van der Waals surface area contributed by atoms with Crippen molar-refractivity contribution in [2.24, 2.45) is 0 Å². The fourth-order valence-electron chi connectivity index (χ4n) is 3.31. The average Bonchev–Trinajstić information content (AvgIpc) is 2.81. The van der Waals surface area contributed by atoms with Gasteiger partial charge in [-0.2, -0.15) is 0 Å². The van der Waals surface area contributed by atoms with Gasteiger partial charge >= 0.3 is 5.97 Å². The van der Waals surface area contributed by atoms with E-state index in [1.807, 2.05) is 30.3 Å². The molecule has 3 rings (SSSR count). The molecule has 1 saturated heterocycles. The van der Waals surface area contributed by atoms with Crippen molar-refractivity contribution >= 4 is 11.9 Å². The Hall–Kier alpha value is -3.06. The number of aryl methyl sites for hydroxylation is 1. The summed E-state index contributed by atoms with van der Waals surface area (Å²) in [6.45, 7) is 1.96. The van der Waals surface area contributed by atoms with E-state index >= 15 is 0 Å². The molecule has 1 aliphatic rings. The van der Waals surface area contributed by atoms with E-state index in [-0.39, 0.29) is 12.3 Å². The second kappa shape index (κ2) is 10.6. The standard InChI is InChI=1S/C23H27NO6/c1-27-19-10-8-17(16-20(19)28-2)9-11-21(25)30-22(18-6-4-3-5-7-18)23(26)24-12-14-29-15-13-24/h3-8,10,16,22H,9,11-15H2,1-2H3/t22-/m1/s1. The number of ether oxygens (including phenoxy) is 4. The minimum atomic E-state index is -0.956. The van der Waals surface area contributed by atoms with Gasteiger partial charge in [0.1, 0.15) is 0 Å². The Bertz CT molecular complexity index is 848. The summed E-state index contributed by atoms with van der Waals surface area (Å²) in [4.78, 5) is 27.3. The molecule has 0 spiro atoms. The molecule has 7 heteroatoms. The van der Waals surface area contributed by atoms with Crippen molar-refractivity contribution in [3.05, 3.63) is 59.7 Å². The number of amides is 1. The number of morpholine rings is 1. The first kappa shape index (κ1) is 21.6. The van der Waals surface area contributed by atoms with Crippen LogP contribution in [0, 0.1) is 0 Å². The van der Waals surface area contributed by atoms with Crippen LogP contribution in [0.5, 0.6) is 11.5 Å². The average molecular weight is 413 g/mol. The highest BCUT2D eigenvalue weighted by Crippen LogP contribution is 2.28. The number of esters is 1. The smallest absolute Gasteiger partial charge is 0.307 e. The van der Waals surface area contributed by atoms with E-state index in [2.05, 4.69) is 0 Å². The highest BCUT2D eigenvalue weighted by molar-refractivity contribution is 5.85. The monoisotopic (exact) mass is 413 g/mol. The summed E-state index contributed by atoms with van der Waals surface area (Å²) >= 11 is 0. The maximum Gasteiger partial charge on any atom is 0.307 e. The number of carbonyl (C=O) groups excluding carboxylic acids is 2. The summed E-state index contributed by atoms with van der Waals surface area (Å²) in [6.07, 6.45) is -0.344. The maximum absolute atomic E-state index is 13.0. The first-order valence-corrected chi connectivity index (χ1v) is 9.94. The maximum atomic E-state index is 13.0. The first-order chi connectivity index (χ1) is 14.6. The molecule has 1 amide bonds. The Labute approximate surface area is 176 Å². The molecule has 0 saturated carbocycles. The number of hydrogen-bond acceptors (Lipinski definition) is 6. The molecule has 160 valence electrons. The largest absolute Gasteiger partial charge is 0.493 e. The van der Waals surface area contributed by atoms with Gasteiger partial charge < -0.3 is 23.8 Å². The molecule has 2 aromatic carbocycles. The van der Waals surface area contributed by atoms with Gasteiger partial charge in [0.15, 0.2) is 11.5 Å². The van der Waals surface area contributed by atoms with E-state index in [9.17, 15) is 9.59 Å². The Morgan fingerprint density at radius 2 is 1.70 bits per heavy atom. The molecule has 0 N–H and O–H groups in total. The van der Waals surface area contributed by atoms with E-state index < -0.39 is 12.1 Å². The van der Waals surface area contributed by atoms with Gasteiger partial charge in [-0.25, -0.2) is 0 Å². The predicted octanol–water partition coefficient (Wildman–Crippen LogP) is 2.78. The third-order valence-corrected chi connectivity index (χ3v) is 4.96. The molecule has 0 aromatic heterocycles. The number of hydrogen-bond donors (Lipinski definition) is 0. The number of methoxy groups -OCH3 is 2. The molecule has 30 heavy (non-hydrogen) atoms. The zero-order chi connectivity index (χ0) is 21.3. The third kappa shape index (κ3) is 5.51. The molecule has 0 unspecified atom stereocenters. The van der Waals surface area contributed by atoms with Crippen molar-refractivity contribution in [2.75, 3.05) is 40.5 Å². The second-order valence-electron chi connectivity index (χ2n) is 6.91. The van der Waals surface area contributed by atoms with Crippen LogP contribution in [0.1, 0.15) is 23.7 Å². The number of nitrogens with zero attached hydrogens (tertiary/aromatic N) is 1. The van der Waals surface area contributed by atoms with Crippen LogP contribution in [-0.2, 0) is 25.5 Å². The van der Waals surface area contributed by atoms with Gasteiger partial charge in [-0.15, -0.1) is 0 Å². The molecule has 1 atom stereocenters. The van der Waals surface area contributed by atoms with E-state index in [1.54, 1.807) is 37.3 Å². The fourth-order valence-corrected chi connectivity index (χ4v) is 3.31. The Balaban J connectivity index is 1.66. The van der Waals surface area contributed by atoms with Gasteiger partial charge in [-0.1, -0.05) is 36.4 Å². The van der Waals surface area contributed by atoms with Gasteiger partial charge in [-0.05, 0) is 24.1 Å². The van der Waals surface area contributed by atoms with Crippen LogP contribution in [-0.4, -0.2) is 57.3 Å². The Morgan fingerprint density at radius 3 is 2.37 bits per heavy atom. The summed E-state index contributed by atoms with van der Waals surface area (Å²) in [5.74, 6) is 0.585. The van der Waals surface area contributed by atoms with Gasteiger partial charge in [0.25, 0.3) is 5.91 Å². The topological polar surface area (TPSA) is 74.3 Å². The highest BCUT2D eigenvalue weighted by atomic mass is 16.5. The summed E-state index contributed by atoms with van der Waals surface area (Å²) in [7, 11) is 3.14.